The molecule has 4 heteroatoms. The minimum atomic E-state index is -2.62. The second kappa shape index (κ2) is 7.65. The number of aliphatic hydroxyl groups excluding tert-OH is 2. The van der Waals surface area contributed by atoms with E-state index < -0.39 is 8.32 Å². The van der Waals surface area contributed by atoms with Gasteiger partial charge in [-0.05, 0) is 21.8 Å². The van der Waals surface area contributed by atoms with Crippen molar-refractivity contribution < 1.29 is 14.6 Å². The lowest BCUT2D eigenvalue weighted by Gasteiger charge is -2.52. The molecule has 1 saturated carbocycles. The Hall–Kier alpha value is -1.46. The zero-order valence-electron chi connectivity index (χ0n) is 15.9. The maximum absolute atomic E-state index is 9.76. The van der Waals surface area contributed by atoms with E-state index in [2.05, 4.69) is 69.3 Å². The van der Waals surface area contributed by atoms with Gasteiger partial charge in [-0.1, -0.05) is 81.4 Å². The Balaban J connectivity index is 2.15. The molecule has 0 aliphatic heterocycles. The smallest absolute Gasteiger partial charge is 0.261 e. The lowest BCUT2D eigenvalue weighted by atomic mass is 9.73. The van der Waals surface area contributed by atoms with Crippen LogP contribution in [0.15, 0.2) is 60.7 Å². The number of hydrogen-bond acceptors (Lipinski definition) is 3. The molecule has 0 saturated heterocycles. The van der Waals surface area contributed by atoms with E-state index in [-0.39, 0.29) is 36.2 Å². The van der Waals surface area contributed by atoms with E-state index in [1.165, 1.54) is 10.4 Å². The molecule has 1 fully saturated rings. The van der Waals surface area contributed by atoms with Crippen LogP contribution in [0.3, 0.4) is 0 Å². The summed E-state index contributed by atoms with van der Waals surface area (Å²) < 4.78 is 7.04. The molecule has 26 heavy (non-hydrogen) atoms. The summed E-state index contributed by atoms with van der Waals surface area (Å²) in [4.78, 5) is 0. The molecule has 0 radical (unpaired) electrons. The predicted molar refractivity (Wildman–Crippen MR) is 108 cm³/mol. The number of benzene rings is 2. The highest BCUT2D eigenvalue weighted by Crippen LogP contribution is 2.44. The molecule has 140 valence electrons. The minimum Gasteiger partial charge on any atom is -0.404 e. The fourth-order valence-electron chi connectivity index (χ4n) is 4.29. The third-order valence-electron chi connectivity index (χ3n) is 5.73. The molecule has 2 atom stereocenters. The highest BCUT2D eigenvalue weighted by atomic mass is 28.4. The Kier molecular flexibility index (Phi) is 5.68. The molecule has 0 aromatic heterocycles. The van der Waals surface area contributed by atoms with Crippen LogP contribution in [0.5, 0.6) is 0 Å². The Morgan fingerprint density at radius 1 is 0.846 bits per heavy atom. The van der Waals surface area contributed by atoms with Crippen molar-refractivity contribution in [2.45, 2.75) is 38.3 Å². The summed E-state index contributed by atoms with van der Waals surface area (Å²) in [5.41, 5.74) is 0. The van der Waals surface area contributed by atoms with E-state index in [0.717, 1.165) is 6.42 Å². The average Bonchev–Trinajstić information content (AvgIpc) is 2.63. The summed E-state index contributed by atoms with van der Waals surface area (Å²) >= 11 is 0. The molecule has 0 heterocycles. The SMILES string of the molecule is CC(C)(C)[Si](OC1C(CO)CC1CO)(c1ccccc1)c1ccccc1. The first-order valence-corrected chi connectivity index (χ1v) is 11.4. The first-order valence-electron chi connectivity index (χ1n) is 9.44. The van der Waals surface area contributed by atoms with Gasteiger partial charge in [-0.15, -0.1) is 0 Å². The average molecular weight is 371 g/mol. The molecule has 2 aromatic carbocycles. The summed E-state index contributed by atoms with van der Waals surface area (Å²) in [5, 5.41) is 21.9. The highest BCUT2D eigenvalue weighted by molar-refractivity contribution is 6.99. The van der Waals surface area contributed by atoms with Crippen molar-refractivity contribution in [2.75, 3.05) is 13.2 Å². The van der Waals surface area contributed by atoms with Gasteiger partial charge in [0.2, 0.25) is 0 Å². The molecule has 0 bridgehead atoms. The molecular formula is C22H30O3Si. The topological polar surface area (TPSA) is 49.7 Å². The molecule has 1 aliphatic rings. The van der Waals surface area contributed by atoms with Gasteiger partial charge < -0.3 is 14.6 Å². The van der Waals surface area contributed by atoms with Crippen LogP contribution in [0.1, 0.15) is 27.2 Å². The summed E-state index contributed by atoms with van der Waals surface area (Å²) in [6.45, 7) is 6.97. The first kappa shape index (κ1) is 19.3. The zero-order valence-corrected chi connectivity index (χ0v) is 16.9. The minimum absolute atomic E-state index is 0.0920. The van der Waals surface area contributed by atoms with E-state index in [1.807, 2.05) is 12.1 Å². The molecule has 0 spiro atoms. The first-order chi connectivity index (χ1) is 12.4. The van der Waals surface area contributed by atoms with E-state index in [0.29, 0.717) is 0 Å². The van der Waals surface area contributed by atoms with Crippen LogP contribution in [0, 0.1) is 11.8 Å². The van der Waals surface area contributed by atoms with E-state index in [9.17, 15) is 10.2 Å². The monoisotopic (exact) mass is 370 g/mol. The fraction of sp³-hybridized carbons (Fsp3) is 0.455. The van der Waals surface area contributed by atoms with Gasteiger partial charge in [-0.2, -0.15) is 0 Å². The van der Waals surface area contributed by atoms with Gasteiger partial charge in [0.1, 0.15) is 0 Å². The van der Waals surface area contributed by atoms with Crippen molar-refractivity contribution >= 4 is 18.7 Å². The van der Waals surface area contributed by atoms with Crippen molar-refractivity contribution in [1.29, 1.82) is 0 Å². The number of rotatable bonds is 6. The van der Waals surface area contributed by atoms with Crippen LogP contribution in [0.25, 0.3) is 0 Å². The van der Waals surface area contributed by atoms with Gasteiger partial charge in [-0.3, -0.25) is 0 Å². The Morgan fingerprint density at radius 3 is 1.62 bits per heavy atom. The standard InChI is InChI=1S/C22H30O3Si/c1-22(2,3)26(19-10-6-4-7-11-19,20-12-8-5-9-13-20)25-21-17(15-23)14-18(21)16-24/h4-13,17-18,21,23-24H,14-16H2,1-3H3. The van der Waals surface area contributed by atoms with Crippen molar-refractivity contribution in [1.82, 2.24) is 0 Å². The Bertz CT molecular complexity index is 647. The van der Waals surface area contributed by atoms with Gasteiger partial charge in [0.05, 0.1) is 6.10 Å². The second-order valence-electron chi connectivity index (χ2n) is 8.37. The summed E-state index contributed by atoms with van der Waals surface area (Å²) in [6.07, 6.45) is 0.729. The Morgan fingerprint density at radius 2 is 1.27 bits per heavy atom. The molecule has 1 aliphatic carbocycles. The largest absolute Gasteiger partial charge is 0.404 e. The molecule has 2 unspecified atom stereocenters. The van der Waals surface area contributed by atoms with Gasteiger partial charge >= 0.3 is 0 Å². The molecule has 0 amide bonds. The lowest BCUT2D eigenvalue weighted by molar-refractivity contribution is -0.0721. The van der Waals surface area contributed by atoms with Gasteiger partial charge in [0, 0.05) is 25.0 Å². The van der Waals surface area contributed by atoms with Crippen molar-refractivity contribution in [3.05, 3.63) is 60.7 Å². The van der Waals surface area contributed by atoms with Gasteiger partial charge in [-0.25, -0.2) is 0 Å². The van der Waals surface area contributed by atoms with Gasteiger partial charge in [0.15, 0.2) is 0 Å². The summed E-state index contributed by atoms with van der Waals surface area (Å²) in [7, 11) is -2.62. The molecule has 3 rings (SSSR count). The van der Waals surface area contributed by atoms with Crippen LogP contribution in [-0.2, 0) is 4.43 Å². The quantitative estimate of drug-likeness (QED) is 0.769. The van der Waals surface area contributed by atoms with Crippen LogP contribution in [-0.4, -0.2) is 37.8 Å². The van der Waals surface area contributed by atoms with E-state index >= 15 is 0 Å². The maximum atomic E-state index is 9.76. The summed E-state index contributed by atoms with van der Waals surface area (Å²) in [6, 6.07) is 21.0. The number of hydrogen-bond donors (Lipinski definition) is 2. The zero-order chi connectivity index (χ0) is 18.8. The number of aliphatic hydroxyl groups is 2. The van der Waals surface area contributed by atoms with Crippen LogP contribution < -0.4 is 10.4 Å². The van der Waals surface area contributed by atoms with Crippen LogP contribution in [0.2, 0.25) is 5.04 Å². The normalized spacial score (nSPS) is 23.5. The fourth-order valence-corrected chi connectivity index (χ4v) is 9.10. The molecular weight excluding hydrogens is 340 g/mol. The lowest BCUT2D eigenvalue weighted by Crippen LogP contribution is -2.70. The third-order valence-corrected chi connectivity index (χ3v) is 10.8. The van der Waals surface area contributed by atoms with E-state index in [4.69, 9.17) is 4.43 Å². The van der Waals surface area contributed by atoms with E-state index in [1.54, 1.807) is 0 Å². The predicted octanol–water partition coefficient (Wildman–Crippen LogP) is 2.55. The third kappa shape index (κ3) is 3.27. The molecule has 2 aromatic rings. The van der Waals surface area contributed by atoms with Gasteiger partial charge in [0.25, 0.3) is 8.32 Å². The Labute approximate surface area is 157 Å². The van der Waals surface area contributed by atoms with Crippen LogP contribution >= 0.6 is 0 Å². The summed E-state index contributed by atoms with van der Waals surface area (Å²) in [5.74, 6) is 0.211. The molecule has 3 nitrogen and oxygen atoms in total. The van der Waals surface area contributed by atoms with Crippen LogP contribution in [0.4, 0.5) is 0 Å². The maximum Gasteiger partial charge on any atom is 0.261 e. The molecule has 2 N–H and O–H groups in total. The second-order valence-corrected chi connectivity index (χ2v) is 12.6. The highest BCUT2D eigenvalue weighted by Gasteiger charge is 2.55. The van der Waals surface area contributed by atoms with Crippen molar-refractivity contribution in [2.24, 2.45) is 11.8 Å². The van der Waals surface area contributed by atoms with Crippen molar-refractivity contribution in [3.8, 4) is 0 Å². The van der Waals surface area contributed by atoms with Crippen molar-refractivity contribution in [3.63, 3.8) is 0 Å².